The summed E-state index contributed by atoms with van der Waals surface area (Å²) in [5, 5.41) is 6.15. The zero-order valence-electron chi connectivity index (χ0n) is 13.7. The first-order valence-electron chi connectivity index (χ1n) is 7.77. The molecule has 0 spiro atoms. The third-order valence-electron chi connectivity index (χ3n) is 3.83. The first kappa shape index (κ1) is 15.7. The minimum absolute atomic E-state index is 0.183. The van der Waals surface area contributed by atoms with Gasteiger partial charge in [0.05, 0.1) is 17.4 Å². The first-order valence-corrected chi connectivity index (χ1v) is 7.77. The maximum atomic E-state index is 12.3. The average Bonchev–Trinajstić information content (AvgIpc) is 2.59. The van der Waals surface area contributed by atoms with E-state index in [1.807, 2.05) is 36.4 Å². The van der Waals surface area contributed by atoms with E-state index < -0.39 is 0 Å². The van der Waals surface area contributed by atoms with Gasteiger partial charge < -0.3 is 10.6 Å². The molecular formula is C20H19N3O. The molecule has 3 aromatic rings. The molecule has 4 heteroatoms. The molecule has 1 aromatic heterocycles. The average molecular weight is 317 g/mol. The summed E-state index contributed by atoms with van der Waals surface area (Å²) >= 11 is 0. The molecule has 0 fully saturated rings. The molecule has 2 N–H and O–H groups in total. The Hall–Kier alpha value is -3.14. The van der Waals surface area contributed by atoms with E-state index in [0.29, 0.717) is 5.56 Å². The molecule has 0 aliphatic rings. The molecule has 4 nitrogen and oxygen atoms in total. The molecule has 1 amide bonds. The number of benzene rings is 2. The molecule has 0 aliphatic carbocycles. The van der Waals surface area contributed by atoms with Crippen LogP contribution >= 0.6 is 0 Å². The molecule has 2 aromatic carbocycles. The Morgan fingerprint density at radius 1 is 0.833 bits per heavy atom. The predicted molar refractivity (Wildman–Crippen MR) is 97.8 cm³/mol. The van der Waals surface area contributed by atoms with Crippen LogP contribution in [-0.2, 0) is 0 Å². The normalized spacial score (nSPS) is 10.2. The molecule has 0 saturated carbocycles. The fourth-order valence-electron chi connectivity index (χ4n) is 2.34. The second-order valence-electron chi connectivity index (χ2n) is 5.71. The van der Waals surface area contributed by atoms with Crippen LogP contribution in [0, 0.1) is 13.8 Å². The number of hydrogen-bond acceptors (Lipinski definition) is 3. The van der Waals surface area contributed by atoms with E-state index in [1.54, 1.807) is 18.5 Å². The van der Waals surface area contributed by atoms with Crippen molar-refractivity contribution in [2.75, 3.05) is 10.6 Å². The fourth-order valence-corrected chi connectivity index (χ4v) is 2.34. The van der Waals surface area contributed by atoms with Crippen molar-refractivity contribution in [1.29, 1.82) is 0 Å². The number of hydrogen-bond donors (Lipinski definition) is 2. The minimum Gasteiger partial charge on any atom is -0.354 e. The molecule has 0 radical (unpaired) electrons. The lowest BCUT2D eigenvalue weighted by Gasteiger charge is -2.10. The molecule has 24 heavy (non-hydrogen) atoms. The van der Waals surface area contributed by atoms with Crippen molar-refractivity contribution in [3.63, 3.8) is 0 Å². The molecule has 1 heterocycles. The van der Waals surface area contributed by atoms with E-state index in [1.165, 1.54) is 11.1 Å². The zero-order chi connectivity index (χ0) is 16.9. The van der Waals surface area contributed by atoms with E-state index in [9.17, 15) is 4.79 Å². The second-order valence-corrected chi connectivity index (χ2v) is 5.71. The Morgan fingerprint density at radius 3 is 2.38 bits per heavy atom. The van der Waals surface area contributed by atoms with Crippen molar-refractivity contribution in [2.24, 2.45) is 0 Å². The smallest absolute Gasteiger partial charge is 0.257 e. The van der Waals surface area contributed by atoms with Crippen molar-refractivity contribution in [1.82, 2.24) is 4.98 Å². The van der Waals surface area contributed by atoms with E-state index in [4.69, 9.17) is 0 Å². The largest absolute Gasteiger partial charge is 0.354 e. The predicted octanol–water partition coefficient (Wildman–Crippen LogP) is 4.69. The molecule has 120 valence electrons. The lowest BCUT2D eigenvalue weighted by molar-refractivity contribution is 0.102. The Balaban J connectivity index is 1.76. The van der Waals surface area contributed by atoms with Crippen LogP contribution in [0.3, 0.4) is 0 Å². The van der Waals surface area contributed by atoms with Gasteiger partial charge in [0.2, 0.25) is 0 Å². The van der Waals surface area contributed by atoms with Gasteiger partial charge in [-0.3, -0.25) is 9.78 Å². The van der Waals surface area contributed by atoms with Crippen LogP contribution < -0.4 is 10.6 Å². The minimum atomic E-state index is -0.183. The summed E-state index contributed by atoms with van der Waals surface area (Å²) in [6, 6.07) is 17.3. The number of amides is 1. The number of aromatic nitrogens is 1. The van der Waals surface area contributed by atoms with Gasteiger partial charge in [-0.1, -0.05) is 24.3 Å². The van der Waals surface area contributed by atoms with Crippen LogP contribution in [0.25, 0.3) is 0 Å². The molecule has 3 rings (SSSR count). The zero-order valence-corrected chi connectivity index (χ0v) is 13.7. The number of nitrogens with zero attached hydrogens (tertiary/aromatic N) is 1. The SMILES string of the molecule is Cc1ccc(Nc2cncc(C(=O)Nc3ccccc3)c2)cc1C. The highest BCUT2D eigenvalue weighted by atomic mass is 16.1. The van der Waals surface area contributed by atoms with Gasteiger partial charge in [0.25, 0.3) is 5.91 Å². The van der Waals surface area contributed by atoms with Crippen LogP contribution in [0.4, 0.5) is 17.1 Å². The third kappa shape index (κ3) is 3.79. The first-order chi connectivity index (χ1) is 11.6. The Labute approximate surface area is 141 Å². The highest BCUT2D eigenvalue weighted by molar-refractivity contribution is 6.04. The van der Waals surface area contributed by atoms with Crippen LogP contribution in [0.2, 0.25) is 0 Å². The topological polar surface area (TPSA) is 54.0 Å². The second kappa shape index (κ2) is 6.96. The van der Waals surface area contributed by atoms with Gasteiger partial charge in [-0.2, -0.15) is 0 Å². The van der Waals surface area contributed by atoms with Gasteiger partial charge >= 0.3 is 0 Å². The van der Waals surface area contributed by atoms with Crippen molar-refractivity contribution in [3.05, 3.63) is 83.7 Å². The summed E-state index contributed by atoms with van der Waals surface area (Å²) in [5.41, 5.74) is 5.47. The molecule has 0 atom stereocenters. The Kier molecular flexibility index (Phi) is 4.57. The van der Waals surface area contributed by atoms with Crippen LogP contribution in [0.5, 0.6) is 0 Å². The number of nitrogens with one attached hydrogen (secondary N) is 2. The number of anilines is 3. The van der Waals surface area contributed by atoms with E-state index in [2.05, 4.69) is 41.6 Å². The van der Waals surface area contributed by atoms with Crippen molar-refractivity contribution in [2.45, 2.75) is 13.8 Å². The Morgan fingerprint density at radius 2 is 1.62 bits per heavy atom. The van der Waals surface area contributed by atoms with Gasteiger partial charge in [0.1, 0.15) is 0 Å². The fraction of sp³-hybridized carbons (Fsp3) is 0.100. The van der Waals surface area contributed by atoms with Gasteiger partial charge in [0.15, 0.2) is 0 Å². The van der Waals surface area contributed by atoms with Crippen molar-refractivity contribution in [3.8, 4) is 0 Å². The summed E-state index contributed by atoms with van der Waals surface area (Å²) < 4.78 is 0. The lowest BCUT2D eigenvalue weighted by Crippen LogP contribution is -2.12. The Bertz CT molecular complexity index is 860. The summed E-state index contributed by atoms with van der Waals surface area (Å²) in [4.78, 5) is 16.5. The van der Waals surface area contributed by atoms with Crippen LogP contribution in [0.1, 0.15) is 21.5 Å². The quantitative estimate of drug-likeness (QED) is 0.733. The van der Waals surface area contributed by atoms with Crippen LogP contribution in [-0.4, -0.2) is 10.9 Å². The number of carbonyl (C=O) groups is 1. The van der Waals surface area contributed by atoms with Gasteiger partial charge in [-0.05, 0) is 55.3 Å². The maximum Gasteiger partial charge on any atom is 0.257 e. The summed E-state index contributed by atoms with van der Waals surface area (Å²) in [6.45, 7) is 4.15. The number of carbonyl (C=O) groups excluding carboxylic acids is 1. The summed E-state index contributed by atoms with van der Waals surface area (Å²) in [5.74, 6) is -0.183. The third-order valence-corrected chi connectivity index (χ3v) is 3.83. The van der Waals surface area contributed by atoms with Gasteiger partial charge in [-0.25, -0.2) is 0 Å². The lowest BCUT2D eigenvalue weighted by atomic mass is 10.1. The molecule has 0 bridgehead atoms. The molecule has 0 unspecified atom stereocenters. The highest BCUT2D eigenvalue weighted by Crippen LogP contribution is 2.20. The highest BCUT2D eigenvalue weighted by Gasteiger charge is 2.08. The number of aryl methyl sites for hydroxylation is 2. The summed E-state index contributed by atoms with van der Waals surface area (Å²) in [6.07, 6.45) is 3.26. The van der Waals surface area contributed by atoms with Gasteiger partial charge in [0, 0.05) is 17.6 Å². The molecule has 0 saturated heterocycles. The maximum absolute atomic E-state index is 12.3. The van der Waals surface area contributed by atoms with E-state index in [-0.39, 0.29) is 5.91 Å². The molecular weight excluding hydrogens is 298 g/mol. The number of rotatable bonds is 4. The monoisotopic (exact) mass is 317 g/mol. The standard InChI is InChI=1S/C20H19N3O/c1-14-8-9-18(10-15(14)2)22-19-11-16(12-21-13-19)20(24)23-17-6-4-3-5-7-17/h3-13,22H,1-2H3,(H,23,24). The molecule has 0 aliphatic heterocycles. The summed E-state index contributed by atoms with van der Waals surface area (Å²) in [7, 11) is 0. The number of pyridine rings is 1. The van der Waals surface area contributed by atoms with E-state index in [0.717, 1.165) is 17.1 Å². The van der Waals surface area contributed by atoms with E-state index >= 15 is 0 Å². The van der Waals surface area contributed by atoms with Crippen molar-refractivity contribution < 1.29 is 4.79 Å². The van der Waals surface area contributed by atoms with Crippen molar-refractivity contribution >= 4 is 23.0 Å². The van der Waals surface area contributed by atoms with Crippen LogP contribution in [0.15, 0.2) is 67.0 Å². The van der Waals surface area contributed by atoms with Gasteiger partial charge in [-0.15, -0.1) is 0 Å². The number of para-hydroxylation sites is 1.